The largest absolute Gasteiger partial charge is 0.361 e. The number of nitrogens with one attached hydrogen (secondary N) is 1. The van der Waals surface area contributed by atoms with Crippen molar-refractivity contribution in [2.45, 2.75) is 38.1 Å². The van der Waals surface area contributed by atoms with Crippen molar-refractivity contribution < 1.29 is 9.18 Å². The minimum absolute atomic E-state index is 0.0620. The van der Waals surface area contributed by atoms with Gasteiger partial charge in [0.15, 0.2) is 0 Å². The molecule has 0 radical (unpaired) electrons. The number of amides is 1. The summed E-state index contributed by atoms with van der Waals surface area (Å²) in [6.45, 7) is 4.14. The first-order chi connectivity index (χ1) is 15.2. The van der Waals surface area contributed by atoms with Crippen LogP contribution in [-0.2, 0) is 11.3 Å². The molecule has 31 heavy (non-hydrogen) atoms. The molecule has 0 spiro atoms. The molecule has 1 N–H and O–H groups in total. The molecule has 3 aromatic rings. The summed E-state index contributed by atoms with van der Waals surface area (Å²) in [6, 6.07) is 15.3. The maximum absolute atomic E-state index is 13.5. The van der Waals surface area contributed by atoms with Crippen molar-refractivity contribution in [1.29, 1.82) is 0 Å². The van der Waals surface area contributed by atoms with Gasteiger partial charge >= 0.3 is 0 Å². The van der Waals surface area contributed by atoms with Gasteiger partial charge in [-0.3, -0.25) is 9.69 Å². The SMILES string of the molecule is O=C(C1CCCN(Cc2cccc(F)c2)C1)N1CCC(c2c[nH]c3ccccc23)CC1. The number of aromatic nitrogens is 1. The highest BCUT2D eigenvalue weighted by Gasteiger charge is 2.32. The van der Waals surface area contributed by atoms with E-state index in [0.29, 0.717) is 18.4 Å². The molecule has 1 atom stereocenters. The van der Waals surface area contributed by atoms with Crippen LogP contribution in [0.4, 0.5) is 4.39 Å². The van der Waals surface area contributed by atoms with Gasteiger partial charge in [-0.25, -0.2) is 4.39 Å². The highest BCUT2D eigenvalue weighted by Crippen LogP contribution is 2.34. The zero-order chi connectivity index (χ0) is 21.2. The second-order valence-electron chi connectivity index (χ2n) is 9.09. The average Bonchev–Trinajstić information content (AvgIpc) is 3.23. The molecule has 3 heterocycles. The number of H-pyrrole nitrogens is 1. The number of benzene rings is 2. The van der Waals surface area contributed by atoms with E-state index in [2.05, 4.69) is 45.2 Å². The Hall–Kier alpha value is -2.66. The summed E-state index contributed by atoms with van der Waals surface area (Å²) < 4.78 is 13.5. The Bertz CT molecular complexity index is 1050. The number of piperidine rings is 2. The molecule has 2 saturated heterocycles. The lowest BCUT2D eigenvalue weighted by atomic mass is 9.88. The van der Waals surface area contributed by atoms with E-state index in [1.807, 2.05) is 6.07 Å². The number of carbonyl (C=O) groups is 1. The van der Waals surface area contributed by atoms with E-state index >= 15 is 0 Å². The molecule has 5 rings (SSSR count). The summed E-state index contributed by atoms with van der Waals surface area (Å²) >= 11 is 0. The Balaban J connectivity index is 1.18. The molecule has 162 valence electrons. The topological polar surface area (TPSA) is 39.3 Å². The molecule has 2 aliphatic heterocycles. The summed E-state index contributed by atoms with van der Waals surface area (Å²) in [4.78, 5) is 21.0. The van der Waals surface area contributed by atoms with Crippen molar-refractivity contribution in [3.8, 4) is 0 Å². The molecular formula is C26H30FN3O. The second kappa shape index (κ2) is 8.83. The Kier molecular flexibility index (Phi) is 5.77. The molecular weight excluding hydrogens is 389 g/mol. The summed E-state index contributed by atoms with van der Waals surface area (Å²) in [7, 11) is 0. The molecule has 0 bridgehead atoms. The van der Waals surface area contributed by atoms with Crippen molar-refractivity contribution in [1.82, 2.24) is 14.8 Å². The highest BCUT2D eigenvalue weighted by molar-refractivity contribution is 5.84. The molecule has 2 aliphatic rings. The van der Waals surface area contributed by atoms with Crippen LogP contribution in [0.15, 0.2) is 54.7 Å². The van der Waals surface area contributed by atoms with Crippen LogP contribution in [0.1, 0.15) is 42.7 Å². The number of nitrogens with zero attached hydrogens (tertiary/aromatic N) is 2. The second-order valence-corrected chi connectivity index (χ2v) is 9.09. The van der Waals surface area contributed by atoms with Crippen molar-refractivity contribution >= 4 is 16.8 Å². The van der Waals surface area contributed by atoms with Crippen LogP contribution in [0.2, 0.25) is 0 Å². The lowest BCUT2D eigenvalue weighted by Gasteiger charge is -2.38. The molecule has 1 aromatic heterocycles. The highest BCUT2D eigenvalue weighted by atomic mass is 19.1. The van der Waals surface area contributed by atoms with Gasteiger partial charge in [0.25, 0.3) is 0 Å². The van der Waals surface area contributed by atoms with Crippen LogP contribution in [0, 0.1) is 11.7 Å². The number of aromatic amines is 1. The van der Waals surface area contributed by atoms with Crippen LogP contribution >= 0.6 is 0 Å². The summed E-state index contributed by atoms with van der Waals surface area (Å²) in [5, 5.41) is 1.31. The van der Waals surface area contributed by atoms with Crippen molar-refractivity contribution in [3.63, 3.8) is 0 Å². The van der Waals surface area contributed by atoms with Gasteiger partial charge in [0.05, 0.1) is 5.92 Å². The molecule has 0 saturated carbocycles. The molecule has 2 fully saturated rings. The van der Waals surface area contributed by atoms with Crippen LogP contribution in [-0.4, -0.2) is 46.9 Å². The molecule has 2 aromatic carbocycles. The maximum Gasteiger partial charge on any atom is 0.226 e. The third kappa shape index (κ3) is 4.38. The van der Waals surface area contributed by atoms with Crippen LogP contribution in [0.5, 0.6) is 0 Å². The average molecular weight is 420 g/mol. The Morgan fingerprint density at radius 3 is 2.71 bits per heavy atom. The Labute approximate surface area is 183 Å². The summed E-state index contributed by atoms with van der Waals surface area (Å²) in [6.07, 6.45) is 6.18. The first kappa shape index (κ1) is 20.3. The van der Waals surface area contributed by atoms with E-state index in [1.54, 1.807) is 12.1 Å². The van der Waals surface area contributed by atoms with E-state index < -0.39 is 0 Å². The quantitative estimate of drug-likeness (QED) is 0.652. The van der Waals surface area contributed by atoms with Gasteiger partial charge in [0, 0.05) is 43.3 Å². The van der Waals surface area contributed by atoms with Gasteiger partial charge in [-0.05, 0) is 67.5 Å². The smallest absolute Gasteiger partial charge is 0.226 e. The van der Waals surface area contributed by atoms with Gasteiger partial charge in [-0.15, -0.1) is 0 Å². The van der Waals surface area contributed by atoms with Crippen molar-refractivity contribution in [2.75, 3.05) is 26.2 Å². The Morgan fingerprint density at radius 2 is 1.87 bits per heavy atom. The fraction of sp³-hybridized carbons (Fsp3) is 0.423. The lowest BCUT2D eigenvalue weighted by Crippen LogP contribution is -2.46. The van der Waals surface area contributed by atoms with Crippen LogP contribution < -0.4 is 0 Å². The van der Waals surface area contributed by atoms with Gasteiger partial charge in [-0.2, -0.15) is 0 Å². The number of hydrogen-bond acceptors (Lipinski definition) is 2. The normalized spacial score (nSPS) is 20.9. The number of carbonyl (C=O) groups excluding carboxylic acids is 1. The van der Waals surface area contributed by atoms with E-state index in [4.69, 9.17) is 0 Å². The molecule has 4 nitrogen and oxygen atoms in total. The van der Waals surface area contributed by atoms with E-state index in [1.165, 1.54) is 22.5 Å². The molecule has 1 unspecified atom stereocenters. The fourth-order valence-electron chi connectivity index (χ4n) is 5.40. The minimum Gasteiger partial charge on any atom is -0.361 e. The monoisotopic (exact) mass is 419 g/mol. The number of hydrogen-bond donors (Lipinski definition) is 1. The number of fused-ring (bicyclic) bond motifs is 1. The van der Waals surface area contributed by atoms with Gasteiger partial charge in [0.1, 0.15) is 5.82 Å². The molecule has 0 aliphatic carbocycles. The standard InChI is InChI=1S/C26H30FN3O/c27-22-7-3-5-19(15-22)17-29-12-4-6-21(18-29)26(31)30-13-10-20(11-14-30)24-16-28-25-9-2-1-8-23(24)25/h1-3,5,7-9,15-16,20-21,28H,4,6,10-14,17-18H2. The zero-order valence-electron chi connectivity index (χ0n) is 17.9. The minimum atomic E-state index is -0.194. The number of halogens is 1. The number of para-hydroxylation sites is 1. The molecule has 5 heteroatoms. The van der Waals surface area contributed by atoms with E-state index in [-0.39, 0.29) is 11.7 Å². The summed E-state index contributed by atoms with van der Waals surface area (Å²) in [5.74, 6) is 0.685. The Morgan fingerprint density at radius 1 is 1.03 bits per heavy atom. The number of likely N-dealkylation sites (tertiary alicyclic amines) is 2. The number of rotatable bonds is 4. The lowest BCUT2D eigenvalue weighted by molar-refractivity contribution is -0.138. The first-order valence-corrected chi connectivity index (χ1v) is 11.5. The third-order valence-corrected chi connectivity index (χ3v) is 7.02. The third-order valence-electron chi connectivity index (χ3n) is 7.02. The van der Waals surface area contributed by atoms with Gasteiger partial charge in [0.2, 0.25) is 5.91 Å². The van der Waals surface area contributed by atoms with Gasteiger partial charge in [-0.1, -0.05) is 30.3 Å². The zero-order valence-corrected chi connectivity index (χ0v) is 17.9. The van der Waals surface area contributed by atoms with E-state index in [0.717, 1.165) is 57.4 Å². The molecule has 1 amide bonds. The van der Waals surface area contributed by atoms with Gasteiger partial charge < -0.3 is 9.88 Å². The summed E-state index contributed by atoms with van der Waals surface area (Å²) in [5.41, 5.74) is 3.56. The van der Waals surface area contributed by atoms with Crippen molar-refractivity contribution in [2.24, 2.45) is 5.92 Å². The maximum atomic E-state index is 13.5. The first-order valence-electron chi connectivity index (χ1n) is 11.5. The van der Waals surface area contributed by atoms with Crippen LogP contribution in [0.25, 0.3) is 10.9 Å². The fourth-order valence-corrected chi connectivity index (χ4v) is 5.40. The van der Waals surface area contributed by atoms with Crippen LogP contribution in [0.3, 0.4) is 0 Å². The predicted molar refractivity (Wildman–Crippen MR) is 121 cm³/mol. The van der Waals surface area contributed by atoms with E-state index in [9.17, 15) is 9.18 Å². The predicted octanol–water partition coefficient (Wildman–Crippen LogP) is 4.93. The van der Waals surface area contributed by atoms with Crippen molar-refractivity contribution in [3.05, 3.63) is 71.7 Å².